The van der Waals surface area contributed by atoms with E-state index in [1.807, 2.05) is 6.92 Å². The van der Waals surface area contributed by atoms with Crippen molar-refractivity contribution in [2.45, 2.75) is 45.8 Å². The van der Waals surface area contributed by atoms with Crippen LogP contribution in [-0.2, 0) is 34.0 Å². The molecule has 8 rings (SSSR count). The first kappa shape index (κ1) is 51.0. The van der Waals surface area contributed by atoms with Crippen molar-refractivity contribution in [3.8, 4) is 23.0 Å². The van der Waals surface area contributed by atoms with Crippen LogP contribution in [0.3, 0.4) is 0 Å². The van der Waals surface area contributed by atoms with Gasteiger partial charge in [0.05, 0.1) is 6.61 Å². The highest BCUT2D eigenvalue weighted by Crippen LogP contribution is 2.28. The predicted molar refractivity (Wildman–Crippen MR) is 244 cm³/mol. The zero-order chi connectivity index (χ0) is 50.3. The maximum Gasteiger partial charge on any atom is 0.374 e. The van der Waals surface area contributed by atoms with Crippen molar-refractivity contribution in [2.24, 2.45) is 0 Å². The second-order valence-electron chi connectivity index (χ2n) is 14.6. The van der Waals surface area contributed by atoms with Gasteiger partial charge in [-0.05, 0) is 55.5 Å². The molecule has 4 aromatic heterocycles. The third-order valence-corrected chi connectivity index (χ3v) is 9.83. The summed E-state index contributed by atoms with van der Waals surface area (Å²) in [5, 5.41) is 18.9. The molecule has 0 bridgehead atoms. The summed E-state index contributed by atoms with van der Waals surface area (Å²) in [6.07, 6.45) is -2.34. The van der Waals surface area contributed by atoms with Crippen LogP contribution >= 0.6 is 0 Å². The number of ether oxygens (including phenoxy) is 5. The Morgan fingerprint density at radius 3 is 1.17 bits per heavy atom. The van der Waals surface area contributed by atoms with Crippen molar-refractivity contribution in [1.29, 1.82) is 0 Å². The van der Waals surface area contributed by atoms with Crippen molar-refractivity contribution in [2.75, 3.05) is 33.0 Å². The van der Waals surface area contributed by atoms with Crippen LogP contribution in [-0.4, -0.2) is 67.7 Å². The van der Waals surface area contributed by atoms with Gasteiger partial charge in [0.2, 0.25) is 5.76 Å². The molecule has 20 heteroatoms. The Kier molecular flexibility index (Phi) is 17.5. The number of hydrogen-bond donors (Lipinski definition) is 2. The van der Waals surface area contributed by atoms with Crippen molar-refractivity contribution < 1.29 is 74.7 Å². The number of hydrogen-bond acceptors (Lipinski definition) is 18. The lowest BCUT2D eigenvalue weighted by atomic mass is 10.2. The van der Waals surface area contributed by atoms with Crippen LogP contribution in [0.4, 0.5) is 8.78 Å². The summed E-state index contributed by atoms with van der Waals surface area (Å²) >= 11 is 0. The van der Waals surface area contributed by atoms with E-state index in [1.54, 1.807) is 55.5 Å². The van der Waals surface area contributed by atoms with Gasteiger partial charge >= 0.3 is 12.1 Å². The molecule has 0 aliphatic carbocycles. The van der Waals surface area contributed by atoms with E-state index in [-0.39, 0.29) is 103 Å². The molecule has 364 valence electrons. The molecule has 0 amide bonds. The Bertz CT molecular complexity index is 3300. The lowest BCUT2D eigenvalue weighted by Crippen LogP contribution is -2.22. The summed E-state index contributed by atoms with van der Waals surface area (Å²) in [5.74, 6) is 0.383. The monoisotopic (exact) mass is 968 g/mol. The standard InChI is InChI=1S/C26H23FO8.C23H19FO8.CO2/c1-3-16-11-17(28)24-19(7-5-9-21(24)34-16)32-13-15(27)14-33-20-8-6-10-22-25(20)18(29)12-23(35-22)26(30)31-4-2;24-13(11-29-18-3-1-5-20-22(18)16(27)7-14(9-25)31-20)12-30-19-4-2-6-21-23(19)17(28)8-15(10-26)32-21;2-1-3/h5-12,15H,3-4,13-14H2,1-2H3;1-8,13,25-26H,9-12H2;. The molecular formula is C50H42F2O18. The summed E-state index contributed by atoms with van der Waals surface area (Å²) in [6, 6.07) is 23.4. The molecule has 8 aromatic rings. The fraction of sp³-hybridized carbons (Fsp3) is 0.240. The number of aliphatic hydroxyl groups excluding tert-OH is 2. The molecule has 1 unspecified atom stereocenters. The number of aryl methyl sites for hydroxylation is 1. The maximum atomic E-state index is 14.6. The predicted octanol–water partition coefficient (Wildman–Crippen LogP) is 6.53. The van der Waals surface area contributed by atoms with Crippen LogP contribution < -0.4 is 40.7 Å². The van der Waals surface area contributed by atoms with Gasteiger partial charge in [0.1, 0.15) is 124 Å². The van der Waals surface area contributed by atoms with Gasteiger partial charge in [0, 0.05) is 30.7 Å². The second kappa shape index (κ2) is 24.0. The van der Waals surface area contributed by atoms with Crippen molar-refractivity contribution in [3.63, 3.8) is 0 Å². The van der Waals surface area contributed by atoms with Crippen LogP contribution in [0, 0.1) is 0 Å². The topological polar surface area (TPSA) is 259 Å². The van der Waals surface area contributed by atoms with Crippen LogP contribution in [0.2, 0.25) is 0 Å². The number of carbonyl (C=O) groups excluding carboxylic acids is 3. The van der Waals surface area contributed by atoms with Gasteiger partial charge in [-0.3, -0.25) is 19.2 Å². The van der Waals surface area contributed by atoms with E-state index in [9.17, 15) is 32.8 Å². The number of halogens is 2. The Labute approximate surface area is 392 Å². The van der Waals surface area contributed by atoms with Crippen molar-refractivity contribution in [1.82, 2.24) is 0 Å². The number of esters is 1. The number of carbonyl (C=O) groups is 1. The molecule has 0 saturated carbocycles. The minimum absolute atomic E-state index is 0.0760. The molecule has 0 radical (unpaired) electrons. The summed E-state index contributed by atoms with van der Waals surface area (Å²) in [7, 11) is 0. The molecule has 70 heavy (non-hydrogen) atoms. The Balaban J connectivity index is 0.000000218. The molecule has 0 aliphatic heterocycles. The van der Waals surface area contributed by atoms with E-state index in [2.05, 4.69) is 0 Å². The number of fused-ring (bicyclic) bond motifs is 4. The highest BCUT2D eigenvalue weighted by Gasteiger charge is 2.20. The van der Waals surface area contributed by atoms with E-state index >= 15 is 0 Å². The SMILES string of the molecule is CCOC(=O)c1cc(=O)c2c(OCC(F)COc3cccc4oc(CC)cc(=O)c34)cccc2o1.O=C=O.O=c1cc(CO)oc2cccc(OCC(F)COc3cccc4oc(CO)cc(=O)c34)c12. The normalized spacial score (nSPS) is 11.3. The molecular weight excluding hydrogens is 927 g/mol. The van der Waals surface area contributed by atoms with Gasteiger partial charge < -0.3 is 51.6 Å². The van der Waals surface area contributed by atoms with Gasteiger partial charge in [-0.25, -0.2) is 13.6 Å². The Morgan fingerprint density at radius 2 is 0.843 bits per heavy atom. The average Bonchev–Trinajstić information content (AvgIpc) is 3.35. The van der Waals surface area contributed by atoms with Crippen LogP contribution in [0.1, 0.15) is 41.7 Å². The van der Waals surface area contributed by atoms with E-state index < -0.39 is 67.6 Å². The van der Waals surface area contributed by atoms with Gasteiger partial charge in [-0.1, -0.05) is 31.2 Å². The molecule has 4 aromatic carbocycles. The first-order chi connectivity index (χ1) is 33.8. The van der Waals surface area contributed by atoms with Gasteiger partial charge in [-0.15, -0.1) is 0 Å². The van der Waals surface area contributed by atoms with Gasteiger partial charge in [0.25, 0.3) is 0 Å². The highest BCUT2D eigenvalue weighted by molar-refractivity contribution is 5.91. The van der Waals surface area contributed by atoms with Crippen LogP contribution in [0.25, 0.3) is 43.9 Å². The zero-order valence-electron chi connectivity index (χ0n) is 37.2. The van der Waals surface area contributed by atoms with Crippen LogP contribution in [0.5, 0.6) is 23.0 Å². The molecule has 2 N–H and O–H groups in total. The number of aliphatic hydroxyl groups is 2. The molecule has 18 nitrogen and oxygen atoms in total. The largest absolute Gasteiger partial charge is 0.489 e. The molecule has 0 saturated heterocycles. The van der Waals surface area contributed by atoms with Gasteiger partial charge in [0.15, 0.2) is 34.1 Å². The first-order valence-corrected chi connectivity index (χ1v) is 21.2. The minimum atomic E-state index is -1.58. The van der Waals surface area contributed by atoms with E-state index in [1.165, 1.54) is 30.3 Å². The fourth-order valence-electron chi connectivity index (χ4n) is 6.79. The molecule has 0 aliphatic rings. The maximum absolute atomic E-state index is 14.6. The average molecular weight is 969 g/mol. The Hall–Kier alpha value is -8.45. The van der Waals surface area contributed by atoms with Gasteiger partial charge in [-0.2, -0.15) is 9.59 Å². The summed E-state index contributed by atoms with van der Waals surface area (Å²) in [4.78, 5) is 77.8. The highest BCUT2D eigenvalue weighted by atomic mass is 19.1. The third kappa shape index (κ3) is 12.4. The number of alkyl halides is 2. The molecule has 0 spiro atoms. The zero-order valence-corrected chi connectivity index (χ0v) is 37.2. The smallest absolute Gasteiger partial charge is 0.374 e. The van der Waals surface area contributed by atoms with E-state index in [4.69, 9.17) is 61.2 Å². The number of rotatable bonds is 17. The third-order valence-electron chi connectivity index (χ3n) is 9.83. The summed E-state index contributed by atoms with van der Waals surface area (Å²) in [6.45, 7) is 1.17. The molecule has 0 fully saturated rings. The lowest BCUT2D eigenvalue weighted by Gasteiger charge is -2.14. The lowest BCUT2D eigenvalue weighted by molar-refractivity contribution is -0.191. The minimum Gasteiger partial charge on any atom is -0.489 e. The summed E-state index contributed by atoms with van der Waals surface area (Å²) in [5.41, 5.74) is -0.710. The molecule has 1 atom stereocenters. The van der Waals surface area contributed by atoms with Crippen molar-refractivity contribution in [3.05, 3.63) is 161 Å². The second-order valence-corrected chi connectivity index (χ2v) is 14.6. The number of benzene rings is 4. The van der Waals surface area contributed by atoms with E-state index in [0.29, 0.717) is 17.8 Å². The fourth-order valence-corrected chi connectivity index (χ4v) is 6.79. The Morgan fingerprint density at radius 1 is 0.529 bits per heavy atom. The van der Waals surface area contributed by atoms with E-state index in [0.717, 1.165) is 18.2 Å². The quantitative estimate of drug-likeness (QED) is 0.0919. The summed E-state index contributed by atoms with van der Waals surface area (Å²) < 4.78 is 78.0. The van der Waals surface area contributed by atoms with Crippen LogP contribution in [0.15, 0.2) is 134 Å². The first-order valence-electron chi connectivity index (χ1n) is 21.2. The molecule has 4 heterocycles. The van der Waals surface area contributed by atoms with Crippen molar-refractivity contribution >= 4 is 56.0 Å².